The number of amides is 2. The van der Waals surface area contributed by atoms with E-state index in [1.807, 2.05) is 50.2 Å². The highest BCUT2D eigenvalue weighted by Gasteiger charge is 2.27. The fourth-order valence-corrected chi connectivity index (χ4v) is 3.99. The molecule has 3 aromatic rings. The van der Waals surface area contributed by atoms with Crippen LogP contribution in [-0.4, -0.2) is 35.4 Å². The van der Waals surface area contributed by atoms with E-state index in [9.17, 15) is 14.0 Å². The summed E-state index contributed by atoms with van der Waals surface area (Å²) >= 11 is 3.57. The molecule has 5 nitrogen and oxygen atoms in total. The van der Waals surface area contributed by atoms with Gasteiger partial charge in [0, 0.05) is 12.6 Å². The highest BCUT2D eigenvalue weighted by atomic mass is 79.9. The van der Waals surface area contributed by atoms with E-state index in [0.717, 1.165) is 27.2 Å². The number of benzene rings is 3. The van der Waals surface area contributed by atoms with Crippen LogP contribution in [0.5, 0.6) is 5.75 Å². The Kier molecular flexibility index (Phi) is 8.44. The number of rotatable bonds is 9. The van der Waals surface area contributed by atoms with Gasteiger partial charge in [0.2, 0.25) is 5.91 Å². The van der Waals surface area contributed by atoms with Crippen molar-refractivity contribution >= 4 is 38.5 Å². The number of nitrogens with one attached hydrogen (secondary N) is 1. The van der Waals surface area contributed by atoms with Crippen molar-refractivity contribution in [3.63, 3.8) is 0 Å². The summed E-state index contributed by atoms with van der Waals surface area (Å²) in [5, 5.41) is 4.95. The smallest absolute Gasteiger partial charge is 0.261 e. The molecule has 0 heterocycles. The number of ether oxygens (including phenoxy) is 1. The summed E-state index contributed by atoms with van der Waals surface area (Å²) in [6.07, 6.45) is 0.781. The largest absolute Gasteiger partial charge is 0.483 e. The van der Waals surface area contributed by atoms with Gasteiger partial charge in [-0.2, -0.15) is 0 Å². The SMILES string of the molecule is CC[C@@H](C)NC(=O)[C@@H](C)N(Cc1ccc(F)cc1)C(=O)COc1ccc2ccccc2c1Br. The molecule has 0 radical (unpaired) electrons. The lowest BCUT2D eigenvalue weighted by atomic mass is 10.1. The molecule has 7 heteroatoms. The van der Waals surface area contributed by atoms with Crippen LogP contribution in [0, 0.1) is 5.82 Å². The van der Waals surface area contributed by atoms with Crippen molar-refractivity contribution < 1.29 is 18.7 Å². The van der Waals surface area contributed by atoms with Gasteiger partial charge in [-0.1, -0.05) is 49.4 Å². The summed E-state index contributed by atoms with van der Waals surface area (Å²) in [4.78, 5) is 27.4. The van der Waals surface area contributed by atoms with Gasteiger partial charge in [0.1, 0.15) is 17.6 Å². The molecular weight excluding hydrogens is 487 g/mol. The molecule has 0 bridgehead atoms. The third kappa shape index (κ3) is 6.32. The van der Waals surface area contributed by atoms with Crippen molar-refractivity contribution in [2.75, 3.05) is 6.61 Å². The molecule has 3 rings (SSSR count). The van der Waals surface area contributed by atoms with E-state index in [1.54, 1.807) is 19.1 Å². The summed E-state index contributed by atoms with van der Waals surface area (Å²) in [7, 11) is 0. The number of fused-ring (bicyclic) bond motifs is 1. The molecular formula is C26H28BrFN2O3. The Bertz CT molecular complexity index is 1120. The Labute approximate surface area is 202 Å². The Balaban J connectivity index is 1.78. The minimum absolute atomic E-state index is 0.00692. The maximum Gasteiger partial charge on any atom is 0.261 e. The van der Waals surface area contributed by atoms with Crippen LogP contribution in [0.15, 0.2) is 65.1 Å². The fourth-order valence-electron chi connectivity index (χ4n) is 3.38. The topological polar surface area (TPSA) is 58.6 Å². The van der Waals surface area contributed by atoms with Crippen LogP contribution in [0.3, 0.4) is 0 Å². The molecule has 1 N–H and O–H groups in total. The predicted molar refractivity (Wildman–Crippen MR) is 131 cm³/mol. The van der Waals surface area contributed by atoms with Gasteiger partial charge in [-0.3, -0.25) is 9.59 Å². The van der Waals surface area contributed by atoms with Gasteiger partial charge in [-0.25, -0.2) is 4.39 Å². The summed E-state index contributed by atoms with van der Waals surface area (Å²) in [5.74, 6) is -0.401. The third-order valence-corrected chi connectivity index (χ3v) is 6.43. The highest BCUT2D eigenvalue weighted by molar-refractivity contribution is 9.10. The van der Waals surface area contributed by atoms with Crippen molar-refractivity contribution in [3.8, 4) is 5.75 Å². The zero-order valence-corrected chi connectivity index (χ0v) is 20.6. The van der Waals surface area contributed by atoms with Crippen LogP contribution in [-0.2, 0) is 16.1 Å². The van der Waals surface area contributed by atoms with Crippen molar-refractivity contribution in [1.82, 2.24) is 10.2 Å². The van der Waals surface area contributed by atoms with E-state index in [4.69, 9.17) is 4.74 Å². The molecule has 0 unspecified atom stereocenters. The first-order chi connectivity index (χ1) is 15.8. The third-order valence-electron chi connectivity index (χ3n) is 5.61. The Morgan fingerprint density at radius 1 is 1.06 bits per heavy atom. The first kappa shape index (κ1) is 24.7. The molecule has 3 aromatic carbocycles. The van der Waals surface area contributed by atoms with Crippen LogP contribution in [0.4, 0.5) is 4.39 Å². The molecule has 0 aliphatic heterocycles. The second-order valence-corrected chi connectivity index (χ2v) is 8.82. The zero-order valence-electron chi connectivity index (χ0n) is 19.0. The van der Waals surface area contributed by atoms with Crippen LogP contribution in [0.2, 0.25) is 0 Å². The molecule has 2 atom stereocenters. The lowest BCUT2D eigenvalue weighted by Crippen LogP contribution is -2.50. The van der Waals surface area contributed by atoms with E-state index in [0.29, 0.717) is 5.75 Å². The Hall–Kier alpha value is -2.93. The van der Waals surface area contributed by atoms with Crippen LogP contribution >= 0.6 is 15.9 Å². The standard InChI is InChI=1S/C26H28BrFN2O3/c1-4-17(2)29-26(32)18(3)30(15-19-9-12-21(28)13-10-19)24(31)16-33-23-14-11-20-7-5-6-8-22(20)25(23)27/h5-14,17-18H,4,15-16H2,1-3H3,(H,29,32)/t17-,18-/m1/s1. The van der Waals surface area contributed by atoms with E-state index < -0.39 is 6.04 Å². The summed E-state index contributed by atoms with van der Waals surface area (Å²) < 4.78 is 20.0. The molecule has 174 valence electrons. The first-order valence-corrected chi connectivity index (χ1v) is 11.7. The van der Waals surface area contributed by atoms with Gasteiger partial charge in [0.25, 0.3) is 5.91 Å². The quantitative estimate of drug-likeness (QED) is 0.412. The molecule has 0 saturated carbocycles. The predicted octanol–water partition coefficient (Wildman–Crippen LogP) is 5.45. The average molecular weight is 515 g/mol. The van der Waals surface area contributed by atoms with Crippen molar-refractivity contribution in [2.45, 2.75) is 45.8 Å². The van der Waals surface area contributed by atoms with E-state index >= 15 is 0 Å². The van der Waals surface area contributed by atoms with Gasteiger partial charge in [0.15, 0.2) is 6.61 Å². The maximum absolute atomic E-state index is 13.3. The summed E-state index contributed by atoms with van der Waals surface area (Å²) in [5.41, 5.74) is 0.722. The Morgan fingerprint density at radius 2 is 1.76 bits per heavy atom. The second-order valence-electron chi connectivity index (χ2n) is 8.03. The molecule has 0 spiro atoms. The van der Waals surface area contributed by atoms with Crippen molar-refractivity contribution in [1.29, 1.82) is 0 Å². The van der Waals surface area contributed by atoms with Gasteiger partial charge in [-0.15, -0.1) is 0 Å². The van der Waals surface area contributed by atoms with Crippen LogP contribution in [0.1, 0.15) is 32.8 Å². The van der Waals surface area contributed by atoms with Crippen molar-refractivity contribution in [2.24, 2.45) is 0 Å². The molecule has 0 aromatic heterocycles. The van der Waals surface area contributed by atoms with Crippen molar-refractivity contribution in [3.05, 3.63) is 76.5 Å². The molecule has 0 aliphatic rings. The van der Waals surface area contributed by atoms with Crippen LogP contribution in [0.25, 0.3) is 10.8 Å². The average Bonchev–Trinajstić information content (AvgIpc) is 2.82. The normalized spacial score (nSPS) is 12.8. The van der Waals surface area contributed by atoms with Gasteiger partial charge < -0.3 is 15.0 Å². The summed E-state index contributed by atoms with van der Waals surface area (Å²) in [6, 6.07) is 16.8. The number of halogens is 2. The summed E-state index contributed by atoms with van der Waals surface area (Å²) in [6.45, 7) is 5.50. The maximum atomic E-state index is 13.3. The minimum atomic E-state index is -0.722. The van der Waals surface area contributed by atoms with E-state index in [-0.39, 0.29) is 36.8 Å². The molecule has 0 fully saturated rings. The second kappa shape index (κ2) is 11.3. The molecule has 0 saturated heterocycles. The van der Waals surface area contributed by atoms with Gasteiger partial charge in [-0.05, 0) is 70.7 Å². The number of nitrogens with zero attached hydrogens (tertiary/aromatic N) is 1. The first-order valence-electron chi connectivity index (χ1n) is 10.9. The molecule has 2 amide bonds. The Morgan fingerprint density at radius 3 is 2.45 bits per heavy atom. The van der Waals surface area contributed by atoms with E-state index in [1.165, 1.54) is 17.0 Å². The number of carbonyl (C=O) groups excluding carboxylic acids is 2. The van der Waals surface area contributed by atoms with E-state index in [2.05, 4.69) is 21.2 Å². The number of hydrogen-bond acceptors (Lipinski definition) is 3. The minimum Gasteiger partial charge on any atom is -0.483 e. The highest BCUT2D eigenvalue weighted by Crippen LogP contribution is 2.33. The molecule has 0 aliphatic carbocycles. The monoisotopic (exact) mass is 514 g/mol. The number of carbonyl (C=O) groups is 2. The lowest BCUT2D eigenvalue weighted by Gasteiger charge is -2.29. The fraction of sp³-hybridized carbons (Fsp3) is 0.308. The van der Waals surface area contributed by atoms with Crippen LogP contribution < -0.4 is 10.1 Å². The van der Waals surface area contributed by atoms with Gasteiger partial charge in [0.05, 0.1) is 4.47 Å². The molecule has 33 heavy (non-hydrogen) atoms. The lowest BCUT2D eigenvalue weighted by molar-refractivity contribution is -0.142. The zero-order chi connectivity index (χ0) is 24.0. The van der Waals surface area contributed by atoms with Gasteiger partial charge >= 0.3 is 0 Å². The number of hydrogen-bond donors (Lipinski definition) is 1.